The second-order valence-corrected chi connectivity index (χ2v) is 7.00. The van der Waals surface area contributed by atoms with Gasteiger partial charge in [-0.15, -0.1) is 0 Å². The van der Waals surface area contributed by atoms with Gasteiger partial charge in [0.15, 0.2) is 0 Å². The largest absolute Gasteiger partial charge is 0.377 e. The standard InChI is InChI=1S/C19H29NO2/c1-13(2)16-6-8-17(9-7-16)18(14(3)4)19(21)20-10-11-22-12-15(20)5/h6-9,13-15,18H,10-12H2,1-5H3. The lowest BCUT2D eigenvalue weighted by Gasteiger charge is -2.37. The first-order chi connectivity index (χ1) is 10.4. The molecule has 1 fully saturated rings. The van der Waals surface area contributed by atoms with Gasteiger partial charge in [-0.2, -0.15) is 0 Å². The van der Waals surface area contributed by atoms with Crippen LogP contribution in [-0.2, 0) is 9.53 Å². The molecule has 0 spiro atoms. The maximum Gasteiger partial charge on any atom is 0.230 e. The Morgan fingerprint density at radius 1 is 1.14 bits per heavy atom. The van der Waals surface area contributed by atoms with Crippen molar-refractivity contribution in [2.24, 2.45) is 5.92 Å². The third-order valence-corrected chi connectivity index (χ3v) is 4.55. The van der Waals surface area contributed by atoms with E-state index in [9.17, 15) is 4.79 Å². The molecule has 0 radical (unpaired) electrons. The minimum atomic E-state index is -0.0678. The summed E-state index contributed by atoms with van der Waals surface area (Å²) in [6.07, 6.45) is 0. The predicted octanol–water partition coefficient (Wildman–Crippen LogP) is 3.80. The topological polar surface area (TPSA) is 29.5 Å². The van der Waals surface area contributed by atoms with E-state index in [1.54, 1.807) is 0 Å². The number of rotatable bonds is 4. The summed E-state index contributed by atoms with van der Waals surface area (Å²) in [6, 6.07) is 8.74. The maximum absolute atomic E-state index is 13.0. The van der Waals surface area contributed by atoms with Crippen molar-refractivity contribution >= 4 is 5.91 Å². The van der Waals surface area contributed by atoms with Crippen LogP contribution in [0.15, 0.2) is 24.3 Å². The highest BCUT2D eigenvalue weighted by molar-refractivity contribution is 5.84. The highest BCUT2D eigenvalue weighted by Gasteiger charge is 2.32. The monoisotopic (exact) mass is 303 g/mol. The number of hydrogen-bond acceptors (Lipinski definition) is 2. The molecule has 1 heterocycles. The normalized spacial score (nSPS) is 20.5. The smallest absolute Gasteiger partial charge is 0.230 e. The van der Waals surface area contributed by atoms with Crippen LogP contribution in [0.1, 0.15) is 57.6 Å². The quantitative estimate of drug-likeness (QED) is 0.847. The lowest BCUT2D eigenvalue weighted by atomic mass is 9.85. The Morgan fingerprint density at radius 2 is 1.73 bits per heavy atom. The van der Waals surface area contributed by atoms with Gasteiger partial charge in [0.2, 0.25) is 5.91 Å². The summed E-state index contributed by atoms with van der Waals surface area (Å²) in [4.78, 5) is 15.0. The average Bonchev–Trinajstić information content (AvgIpc) is 2.48. The minimum absolute atomic E-state index is 0.0678. The first-order valence-corrected chi connectivity index (χ1v) is 8.40. The molecule has 2 atom stereocenters. The van der Waals surface area contributed by atoms with E-state index in [2.05, 4.69) is 58.9 Å². The SMILES string of the molecule is CC(C)c1ccc(C(C(=O)N2CCOCC2C)C(C)C)cc1. The number of carbonyl (C=O) groups is 1. The van der Waals surface area contributed by atoms with Crippen molar-refractivity contribution in [1.29, 1.82) is 0 Å². The van der Waals surface area contributed by atoms with E-state index in [4.69, 9.17) is 4.74 Å². The molecule has 1 aliphatic heterocycles. The van der Waals surface area contributed by atoms with E-state index in [1.807, 2.05) is 4.90 Å². The molecule has 1 aromatic carbocycles. The third kappa shape index (κ3) is 3.70. The van der Waals surface area contributed by atoms with Gasteiger partial charge in [0.25, 0.3) is 0 Å². The second-order valence-electron chi connectivity index (χ2n) is 7.00. The van der Waals surface area contributed by atoms with Crippen LogP contribution in [0.5, 0.6) is 0 Å². The molecule has 122 valence electrons. The Bertz CT molecular complexity index is 493. The summed E-state index contributed by atoms with van der Waals surface area (Å²) in [7, 11) is 0. The fourth-order valence-electron chi connectivity index (χ4n) is 3.13. The van der Waals surface area contributed by atoms with Gasteiger partial charge < -0.3 is 9.64 Å². The first kappa shape index (κ1) is 17.0. The molecule has 2 unspecified atom stereocenters. The van der Waals surface area contributed by atoms with E-state index < -0.39 is 0 Å². The van der Waals surface area contributed by atoms with Gasteiger partial charge in [-0.05, 0) is 29.9 Å². The fraction of sp³-hybridized carbons (Fsp3) is 0.632. The molecule has 0 aliphatic carbocycles. The van der Waals surface area contributed by atoms with E-state index >= 15 is 0 Å². The molecule has 1 amide bonds. The first-order valence-electron chi connectivity index (χ1n) is 8.40. The van der Waals surface area contributed by atoms with E-state index in [1.165, 1.54) is 5.56 Å². The number of benzene rings is 1. The average molecular weight is 303 g/mol. The molecule has 0 bridgehead atoms. The van der Waals surface area contributed by atoms with Crippen molar-refractivity contribution < 1.29 is 9.53 Å². The Balaban J connectivity index is 2.23. The van der Waals surface area contributed by atoms with Gasteiger partial charge in [0, 0.05) is 6.54 Å². The van der Waals surface area contributed by atoms with Crippen LogP contribution >= 0.6 is 0 Å². The molecule has 2 rings (SSSR count). The molecule has 1 aliphatic rings. The zero-order valence-electron chi connectivity index (χ0n) is 14.5. The van der Waals surface area contributed by atoms with Crippen molar-refractivity contribution in [2.45, 2.75) is 52.5 Å². The van der Waals surface area contributed by atoms with Crippen LogP contribution in [0.2, 0.25) is 0 Å². The summed E-state index contributed by atoms with van der Waals surface area (Å²) in [5, 5.41) is 0. The summed E-state index contributed by atoms with van der Waals surface area (Å²) in [6.45, 7) is 12.7. The summed E-state index contributed by atoms with van der Waals surface area (Å²) < 4.78 is 5.46. The lowest BCUT2D eigenvalue weighted by molar-refractivity contribution is -0.141. The Hall–Kier alpha value is -1.35. The number of carbonyl (C=O) groups excluding carboxylic acids is 1. The molecular weight excluding hydrogens is 274 g/mol. The van der Waals surface area contributed by atoms with Crippen LogP contribution in [0.25, 0.3) is 0 Å². The maximum atomic E-state index is 13.0. The molecule has 0 saturated carbocycles. The Morgan fingerprint density at radius 3 is 2.23 bits per heavy atom. The third-order valence-electron chi connectivity index (χ3n) is 4.55. The molecule has 3 heteroatoms. The number of ether oxygens (including phenoxy) is 1. The molecular formula is C19H29NO2. The van der Waals surface area contributed by atoms with Crippen LogP contribution in [0, 0.1) is 5.92 Å². The molecule has 22 heavy (non-hydrogen) atoms. The zero-order chi connectivity index (χ0) is 16.3. The van der Waals surface area contributed by atoms with Crippen molar-refractivity contribution in [3.8, 4) is 0 Å². The summed E-state index contributed by atoms with van der Waals surface area (Å²) in [5.41, 5.74) is 2.45. The van der Waals surface area contributed by atoms with Crippen LogP contribution in [0.3, 0.4) is 0 Å². The number of hydrogen-bond donors (Lipinski definition) is 0. The van der Waals surface area contributed by atoms with Crippen molar-refractivity contribution in [1.82, 2.24) is 4.90 Å². The van der Waals surface area contributed by atoms with Crippen molar-refractivity contribution in [3.05, 3.63) is 35.4 Å². The van der Waals surface area contributed by atoms with Gasteiger partial charge in [-0.25, -0.2) is 0 Å². The molecule has 1 aromatic rings. The van der Waals surface area contributed by atoms with Gasteiger partial charge in [-0.3, -0.25) is 4.79 Å². The highest BCUT2D eigenvalue weighted by Crippen LogP contribution is 2.29. The summed E-state index contributed by atoms with van der Waals surface area (Å²) in [5.74, 6) is 0.971. The Labute approximate surface area is 134 Å². The predicted molar refractivity (Wildman–Crippen MR) is 90.1 cm³/mol. The minimum Gasteiger partial charge on any atom is -0.377 e. The van der Waals surface area contributed by atoms with Gasteiger partial charge >= 0.3 is 0 Å². The molecule has 0 N–H and O–H groups in total. The molecule has 0 aromatic heterocycles. The Kier molecular flexibility index (Phi) is 5.63. The fourth-order valence-corrected chi connectivity index (χ4v) is 3.13. The summed E-state index contributed by atoms with van der Waals surface area (Å²) >= 11 is 0. The van der Waals surface area contributed by atoms with Gasteiger partial charge in [-0.1, -0.05) is 52.0 Å². The number of nitrogens with zero attached hydrogens (tertiary/aromatic N) is 1. The molecule has 1 saturated heterocycles. The number of morpholine rings is 1. The van der Waals surface area contributed by atoms with Crippen LogP contribution in [0.4, 0.5) is 0 Å². The van der Waals surface area contributed by atoms with E-state index in [-0.39, 0.29) is 23.8 Å². The number of amides is 1. The van der Waals surface area contributed by atoms with E-state index in [0.29, 0.717) is 25.7 Å². The second kappa shape index (κ2) is 7.28. The lowest BCUT2D eigenvalue weighted by Crippen LogP contribution is -2.49. The van der Waals surface area contributed by atoms with E-state index in [0.717, 1.165) is 5.56 Å². The van der Waals surface area contributed by atoms with Crippen molar-refractivity contribution in [2.75, 3.05) is 19.8 Å². The van der Waals surface area contributed by atoms with Crippen LogP contribution < -0.4 is 0 Å². The molecule has 3 nitrogen and oxygen atoms in total. The zero-order valence-corrected chi connectivity index (χ0v) is 14.5. The van der Waals surface area contributed by atoms with Gasteiger partial charge in [0.1, 0.15) is 0 Å². The highest BCUT2D eigenvalue weighted by atomic mass is 16.5. The van der Waals surface area contributed by atoms with Gasteiger partial charge in [0.05, 0.1) is 25.2 Å². The van der Waals surface area contributed by atoms with Crippen molar-refractivity contribution in [3.63, 3.8) is 0 Å². The van der Waals surface area contributed by atoms with Crippen LogP contribution in [-0.4, -0.2) is 36.6 Å².